The molecular weight excluding hydrogens is 368 g/mol. The number of aromatic nitrogens is 1. The SMILES string of the molecule is CC(N)C(c1cc(Br)cs1)N1CCN(c2nccs2)CC1. The molecule has 2 aromatic rings. The monoisotopic (exact) mass is 386 g/mol. The van der Waals surface area contributed by atoms with E-state index in [1.807, 2.05) is 11.6 Å². The van der Waals surface area contributed by atoms with E-state index in [0.717, 1.165) is 35.8 Å². The predicted molar refractivity (Wildman–Crippen MR) is 94.3 cm³/mol. The van der Waals surface area contributed by atoms with Gasteiger partial charge in [0.2, 0.25) is 0 Å². The molecular formula is C14H19BrN4S2. The first kappa shape index (κ1) is 15.4. The number of anilines is 1. The van der Waals surface area contributed by atoms with Gasteiger partial charge in [-0.1, -0.05) is 0 Å². The van der Waals surface area contributed by atoms with Crippen molar-refractivity contribution in [1.29, 1.82) is 0 Å². The molecule has 0 aromatic carbocycles. The maximum absolute atomic E-state index is 6.26. The van der Waals surface area contributed by atoms with Crippen LogP contribution in [0.15, 0.2) is 27.5 Å². The van der Waals surface area contributed by atoms with Crippen molar-refractivity contribution in [3.63, 3.8) is 0 Å². The van der Waals surface area contributed by atoms with Crippen LogP contribution in [0.1, 0.15) is 17.8 Å². The second-order valence-corrected chi connectivity index (χ2v) is 8.04. The van der Waals surface area contributed by atoms with Crippen LogP contribution in [0.25, 0.3) is 0 Å². The Balaban J connectivity index is 1.69. The average molecular weight is 387 g/mol. The molecule has 0 spiro atoms. The molecule has 2 aromatic heterocycles. The predicted octanol–water partition coefficient (Wildman–Crippen LogP) is 3.18. The highest BCUT2D eigenvalue weighted by molar-refractivity contribution is 9.10. The van der Waals surface area contributed by atoms with Gasteiger partial charge in [0.25, 0.3) is 0 Å². The zero-order chi connectivity index (χ0) is 14.8. The van der Waals surface area contributed by atoms with Gasteiger partial charge in [-0.05, 0) is 28.9 Å². The lowest BCUT2D eigenvalue weighted by Gasteiger charge is -2.40. The van der Waals surface area contributed by atoms with E-state index in [2.05, 4.69) is 49.1 Å². The van der Waals surface area contributed by atoms with Crippen molar-refractivity contribution >= 4 is 43.7 Å². The van der Waals surface area contributed by atoms with Crippen LogP contribution >= 0.6 is 38.6 Å². The molecule has 0 amide bonds. The fourth-order valence-electron chi connectivity index (χ4n) is 2.82. The fourth-order valence-corrected chi connectivity index (χ4v) is 5.21. The van der Waals surface area contributed by atoms with Crippen molar-refractivity contribution in [2.75, 3.05) is 31.1 Å². The molecule has 1 fully saturated rings. The summed E-state index contributed by atoms with van der Waals surface area (Å²) in [5.41, 5.74) is 6.26. The molecule has 4 nitrogen and oxygen atoms in total. The number of hydrogen-bond donors (Lipinski definition) is 1. The summed E-state index contributed by atoms with van der Waals surface area (Å²) in [6.45, 7) is 6.20. The molecule has 114 valence electrons. The number of thiophene rings is 1. The number of hydrogen-bond acceptors (Lipinski definition) is 6. The van der Waals surface area contributed by atoms with Crippen molar-refractivity contribution in [2.45, 2.75) is 19.0 Å². The lowest BCUT2D eigenvalue weighted by atomic mass is 10.1. The fraction of sp³-hybridized carbons (Fsp3) is 0.500. The molecule has 3 rings (SSSR count). The molecule has 0 bridgehead atoms. The molecule has 7 heteroatoms. The number of rotatable bonds is 4. The largest absolute Gasteiger partial charge is 0.346 e. The molecule has 2 N–H and O–H groups in total. The summed E-state index contributed by atoms with van der Waals surface area (Å²) in [5.74, 6) is 0. The summed E-state index contributed by atoms with van der Waals surface area (Å²) in [7, 11) is 0. The third-order valence-electron chi connectivity index (χ3n) is 3.77. The maximum Gasteiger partial charge on any atom is 0.185 e. The van der Waals surface area contributed by atoms with Crippen LogP contribution in [0.3, 0.4) is 0 Å². The summed E-state index contributed by atoms with van der Waals surface area (Å²) < 4.78 is 1.15. The van der Waals surface area contributed by atoms with Gasteiger partial charge in [0.15, 0.2) is 5.13 Å². The van der Waals surface area contributed by atoms with Gasteiger partial charge in [0.1, 0.15) is 0 Å². The normalized spacial score (nSPS) is 19.7. The number of nitrogens with two attached hydrogens (primary N) is 1. The van der Waals surface area contributed by atoms with Gasteiger partial charge in [-0.2, -0.15) is 0 Å². The molecule has 0 radical (unpaired) electrons. The van der Waals surface area contributed by atoms with Crippen molar-refractivity contribution in [1.82, 2.24) is 9.88 Å². The Hall–Kier alpha value is -0.470. The Bertz CT molecular complexity index is 561. The molecule has 2 unspecified atom stereocenters. The van der Waals surface area contributed by atoms with Gasteiger partial charge in [0.05, 0.1) is 6.04 Å². The average Bonchev–Trinajstić information content (AvgIpc) is 3.11. The Labute approximate surface area is 141 Å². The van der Waals surface area contributed by atoms with Crippen molar-refractivity contribution in [2.24, 2.45) is 5.73 Å². The summed E-state index contributed by atoms with van der Waals surface area (Å²) in [6.07, 6.45) is 1.88. The molecule has 1 aliphatic rings. The third-order valence-corrected chi connectivity index (χ3v) is 6.37. The van der Waals surface area contributed by atoms with Crippen molar-refractivity contribution < 1.29 is 0 Å². The highest BCUT2D eigenvalue weighted by Gasteiger charge is 2.29. The zero-order valence-electron chi connectivity index (χ0n) is 11.9. The van der Waals surface area contributed by atoms with Gasteiger partial charge in [0, 0.05) is 58.5 Å². The van der Waals surface area contributed by atoms with Crippen LogP contribution in [0.5, 0.6) is 0 Å². The van der Waals surface area contributed by atoms with Gasteiger partial charge >= 0.3 is 0 Å². The van der Waals surface area contributed by atoms with Crippen molar-refractivity contribution in [3.05, 3.63) is 32.4 Å². The van der Waals surface area contributed by atoms with Gasteiger partial charge < -0.3 is 10.6 Å². The first-order valence-corrected chi connectivity index (χ1v) is 9.58. The quantitative estimate of drug-likeness (QED) is 0.876. The molecule has 21 heavy (non-hydrogen) atoms. The Morgan fingerprint density at radius 3 is 2.57 bits per heavy atom. The van der Waals surface area contributed by atoms with E-state index < -0.39 is 0 Å². The van der Waals surface area contributed by atoms with E-state index >= 15 is 0 Å². The molecule has 1 aliphatic heterocycles. The molecule has 3 heterocycles. The second-order valence-electron chi connectivity index (χ2n) is 5.31. The van der Waals surface area contributed by atoms with Gasteiger partial charge in [-0.25, -0.2) is 4.98 Å². The van der Waals surface area contributed by atoms with Crippen LogP contribution < -0.4 is 10.6 Å². The number of nitrogens with zero attached hydrogens (tertiary/aromatic N) is 3. The number of thiazole rings is 1. The van der Waals surface area contributed by atoms with Gasteiger partial charge in [-0.3, -0.25) is 4.90 Å². The molecule has 1 saturated heterocycles. The van der Waals surface area contributed by atoms with E-state index in [9.17, 15) is 0 Å². The first-order chi connectivity index (χ1) is 10.1. The number of halogens is 1. The lowest BCUT2D eigenvalue weighted by Crippen LogP contribution is -2.50. The summed E-state index contributed by atoms with van der Waals surface area (Å²) >= 11 is 7.04. The van der Waals surface area contributed by atoms with Crippen LogP contribution in [0.2, 0.25) is 0 Å². The maximum atomic E-state index is 6.26. The zero-order valence-corrected chi connectivity index (χ0v) is 15.1. The minimum atomic E-state index is 0.127. The van der Waals surface area contributed by atoms with Crippen molar-refractivity contribution in [3.8, 4) is 0 Å². The standard InChI is InChI=1S/C14H19BrN4S2/c1-10(16)13(12-8-11(15)9-21-12)18-3-5-19(6-4-18)14-17-2-7-20-14/h2,7-10,13H,3-6,16H2,1H3. The Kier molecular flexibility index (Phi) is 4.96. The van der Waals surface area contributed by atoms with Crippen LogP contribution in [0, 0.1) is 0 Å². The summed E-state index contributed by atoms with van der Waals surface area (Å²) in [5, 5.41) is 5.30. The second kappa shape index (κ2) is 6.75. The highest BCUT2D eigenvalue weighted by atomic mass is 79.9. The summed E-state index contributed by atoms with van der Waals surface area (Å²) in [4.78, 5) is 10.6. The minimum Gasteiger partial charge on any atom is -0.346 e. The Morgan fingerprint density at radius 2 is 2.05 bits per heavy atom. The minimum absolute atomic E-state index is 0.127. The van der Waals surface area contributed by atoms with E-state index in [0.29, 0.717) is 6.04 Å². The van der Waals surface area contributed by atoms with Crippen LogP contribution in [0.4, 0.5) is 5.13 Å². The highest BCUT2D eigenvalue weighted by Crippen LogP contribution is 2.32. The summed E-state index contributed by atoms with van der Waals surface area (Å²) in [6, 6.07) is 2.63. The van der Waals surface area contributed by atoms with Gasteiger partial charge in [-0.15, -0.1) is 22.7 Å². The van der Waals surface area contributed by atoms with E-state index in [4.69, 9.17) is 5.73 Å². The Morgan fingerprint density at radius 1 is 1.29 bits per heavy atom. The third kappa shape index (κ3) is 3.48. The topological polar surface area (TPSA) is 45.4 Å². The molecule has 0 aliphatic carbocycles. The van der Waals surface area contributed by atoms with E-state index in [1.165, 1.54) is 4.88 Å². The van der Waals surface area contributed by atoms with Crippen LogP contribution in [-0.2, 0) is 0 Å². The van der Waals surface area contributed by atoms with Crippen LogP contribution in [-0.4, -0.2) is 42.1 Å². The van der Waals surface area contributed by atoms with E-state index in [1.54, 1.807) is 22.7 Å². The lowest BCUT2D eigenvalue weighted by molar-refractivity contribution is 0.169. The molecule has 0 saturated carbocycles. The smallest absolute Gasteiger partial charge is 0.185 e. The van der Waals surface area contributed by atoms with E-state index in [-0.39, 0.29) is 6.04 Å². The number of piperazine rings is 1. The first-order valence-electron chi connectivity index (χ1n) is 7.03. The molecule has 2 atom stereocenters.